The van der Waals surface area contributed by atoms with Crippen LogP contribution in [0.1, 0.15) is 25.8 Å². The topological polar surface area (TPSA) is 53.8 Å². The number of thioether (sulfide) groups is 1. The Bertz CT molecular complexity index is 539. The number of hydrogen-bond donors (Lipinski definition) is 1. The third-order valence-electron chi connectivity index (χ3n) is 2.70. The molecular formula is C13H14BrN3OS. The van der Waals surface area contributed by atoms with E-state index in [1.165, 1.54) is 11.8 Å². The highest BCUT2D eigenvalue weighted by Gasteiger charge is 2.28. The Kier molecular flexibility index (Phi) is 4.76. The van der Waals surface area contributed by atoms with Crippen LogP contribution in [0.3, 0.4) is 0 Å². The summed E-state index contributed by atoms with van der Waals surface area (Å²) in [5, 5.41) is 11.5. The molecule has 1 aliphatic rings. The van der Waals surface area contributed by atoms with E-state index in [0.717, 1.165) is 22.2 Å². The van der Waals surface area contributed by atoms with Crippen molar-refractivity contribution in [3.05, 3.63) is 34.3 Å². The maximum absolute atomic E-state index is 11.5. The van der Waals surface area contributed by atoms with Gasteiger partial charge >= 0.3 is 0 Å². The van der Waals surface area contributed by atoms with Crippen LogP contribution < -0.4 is 5.32 Å². The summed E-state index contributed by atoms with van der Waals surface area (Å²) in [5.74, 6) is 0.0164. The number of hydrogen-bond acceptors (Lipinski definition) is 4. The number of amidine groups is 1. The lowest BCUT2D eigenvalue weighted by Gasteiger charge is -1.99. The normalized spacial score (nSPS) is 21.8. The molecule has 1 aromatic carbocycles. The minimum absolute atomic E-state index is 0.0164. The molecule has 1 heterocycles. The molecule has 1 aliphatic heterocycles. The van der Waals surface area contributed by atoms with Crippen LogP contribution in [0.15, 0.2) is 38.9 Å². The smallest absolute Gasteiger partial charge is 0.239 e. The minimum atomic E-state index is -0.0399. The van der Waals surface area contributed by atoms with Crippen LogP contribution in [0.25, 0.3) is 0 Å². The largest absolute Gasteiger partial charge is 0.303 e. The SMILES string of the molecule is CC[C@@H]1S/C(=N\N=C(\C)c2ccc(Br)cc2)NC1=O. The number of nitrogens with one attached hydrogen (secondary N) is 1. The van der Waals surface area contributed by atoms with Gasteiger partial charge in [0.15, 0.2) is 5.17 Å². The van der Waals surface area contributed by atoms with E-state index in [-0.39, 0.29) is 11.2 Å². The molecule has 4 nitrogen and oxygen atoms in total. The molecule has 0 saturated carbocycles. The van der Waals surface area contributed by atoms with Gasteiger partial charge in [-0.3, -0.25) is 4.79 Å². The lowest BCUT2D eigenvalue weighted by Crippen LogP contribution is -2.24. The van der Waals surface area contributed by atoms with Crippen molar-refractivity contribution in [1.82, 2.24) is 5.32 Å². The monoisotopic (exact) mass is 339 g/mol. The zero-order valence-corrected chi connectivity index (χ0v) is 13.1. The summed E-state index contributed by atoms with van der Waals surface area (Å²) in [7, 11) is 0. The van der Waals surface area contributed by atoms with Gasteiger partial charge in [0.1, 0.15) is 0 Å². The number of rotatable bonds is 3. The van der Waals surface area contributed by atoms with Crippen molar-refractivity contribution in [1.29, 1.82) is 0 Å². The van der Waals surface area contributed by atoms with Crippen molar-refractivity contribution >= 4 is 44.5 Å². The van der Waals surface area contributed by atoms with Gasteiger partial charge in [-0.15, -0.1) is 5.10 Å². The van der Waals surface area contributed by atoms with Crippen LogP contribution in [-0.2, 0) is 4.79 Å². The highest BCUT2D eigenvalue weighted by molar-refractivity contribution is 9.10. The van der Waals surface area contributed by atoms with Gasteiger partial charge in [0, 0.05) is 4.47 Å². The van der Waals surface area contributed by atoms with Crippen molar-refractivity contribution in [2.45, 2.75) is 25.5 Å². The molecule has 0 aliphatic carbocycles. The second-order valence-corrected chi connectivity index (χ2v) is 6.21. The van der Waals surface area contributed by atoms with E-state index in [1.807, 2.05) is 38.1 Å². The van der Waals surface area contributed by atoms with Gasteiger partial charge in [-0.1, -0.05) is 46.7 Å². The third-order valence-corrected chi connectivity index (χ3v) is 4.47. The van der Waals surface area contributed by atoms with E-state index in [0.29, 0.717) is 5.17 Å². The first kappa shape index (κ1) is 14.3. The van der Waals surface area contributed by atoms with Gasteiger partial charge in [0.2, 0.25) is 5.91 Å². The van der Waals surface area contributed by atoms with Gasteiger partial charge in [-0.25, -0.2) is 0 Å². The summed E-state index contributed by atoms with van der Waals surface area (Å²) >= 11 is 4.82. The molecule has 1 amide bonds. The Morgan fingerprint density at radius 2 is 2.11 bits per heavy atom. The first-order chi connectivity index (χ1) is 9.10. The lowest BCUT2D eigenvalue weighted by atomic mass is 10.1. The minimum Gasteiger partial charge on any atom is -0.303 e. The number of halogens is 1. The van der Waals surface area contributed by atoms with Crippen LogP contribution >= 0.6 is 27.7 Å². The number of carbonyl (C=O) groups excluding carboxylic acids is 1. The number of benzene rings is 1. The van der Waals surface area contributed by atoms with Gasteiger partial charge < -0.3 is 5.32 Å². The molecule has 6 heteroatoms. The zero-order valence-electron chi connectivity index (χ0n) is 10.7. The van der Waals surface area contributed by atoms with Crippen LogP contribution in [0, 0.1) is 0 Å². The number of amides is 1. The molecule has 1 N–H and O–H groups in total. The van der Waals surface area contributed by atoms with E-state index in [1.54, 1.807) is 0 Å². The Balaban J connectivity index is 2.10. The Morgan fingerprint density at radius 1 is 1.42 bits per heavy atom. The van der Waals surface area contributed by atoms with Crippen LogP contribution in [0.5, 0.6) is 0 Å². The second kappa shape index (κ2) is 6.34. The highest BCUT2D eigenvalue weighted by Crippen LogP contribution is 2.22. The molecule has 100 valence electrons. The molecule has 0 radical (unpaired) electrons. The predicted molar refractivity (Wildman–Crippen MR) is 83.6 cm³/mol. The summed E-state index contributed by atoms with van der Waals surface area (Å²) < 4.78 is 1.03. The molecule has 1 aromatic rings. The first-order valence-corrected chi connectivity index (χ1v) is 7.63. The number of carbonyl (C=O) groups is 1. The standard InChI is InChI=1S/C13H14BrN3OS/c1-3-11-12(18)15-13(19-11)17-16-8(2)9-4-6-10(14)7-5-9/h4-7,11H,3H2,1-2H3,(H,15,17,18)/b16-8-/t11-/m0/s1. The summed E-state index contributed by atoms with van der Waals surface area (Å²) in [5.41, 5.74) is 1.82. The molecule has 0 unspecified atom stereocenters. The maximum atomic E-state index is 11.5. The molecule has 0 bridgehead atoms. The molecule has 19 heavy (non-hydrogen) atoms. The van der Waals surface area contributed by atoms with Crippen molar-refractivity contribution in [2.75, 3.05) is 0 Å². The first-order valence-electron chi connectivity index (χ1n) is 5.96. The molecular weight excluding hydrogens is 326 g/mol. The van der Waals surface area contributed by atoms with Gasteiger partial charge in [-0.2, -0.15) is 5.10 Å². The molecule has 0 aromatic heterocycles. The van der Waals surface area contributed by atoms with E-state index < -0.39 is 0 Å². The third kappa shape index (κ3) is 3.67. The fraction of sp³-hybridized carbons (Fsp3) is 0.308. The summed E-state index contributed by atoms with van der Waals surface area (Å²) in [6.07, 6.45) is 0.797. The second-order valence-electron chi connectivity index (χ2n) is 4.10. The molecule has 2 rings (SSSR count). The van der Waals surface area contributed by atoms with Crippen LogP contribution in [0.2, 0.25) is 0 Å². The molecule has 0 spiro atoms. The zero-order chi connectivity index (χ0) is 13.8. The summed E-state index contributed by atoms with van der Waals surface area (Å²) in [4.78, 5) is 11.5. The van der Waals surface area contributed by atoms with E-state index in [2.05, 4.69) is 31.4 Å². The van der Waals surface area contributed by atoms with E-state index in [9.17, 15) is 4.79 Å². The Labute approximate surface area is 124 Å². The molecule has 1 atom stereocenters. The molecule has 1 fully saturated rings. The number of nitrogens with zero attached hydrogens (tertiary/aromatic N) is 2. The van der Waals surface area contributed by atoms with Crippen LogP contribution in [-0.4, -0.2) is 22.0 Å². The van der Waals surface area contributed by atoms with Crippen molar-refractivity contribution < 1.29 is 4.79 Å². The van der Waals surface area contributed by atoms with Crippen LogP contribution in [0.4, 0.5) is 0 Å². The highest BCUT2D eigenvalue weighted by atomic mass is 79.9. The van der Waals surface area contributed by atoms with Crippen molar-refractivity contribution in [3.8, 4) is 0 Å². The average molecular weight is 340 g/mol. The summed E-state index contributed by atoms with van der Waals surface area (Å²) in [6, 6.07) is 7.86. The average Bonchev–Trinajstić information content (AvgIpc) is 2.77. The summed E-state index contributed by atoms with van der Waals surface area (Å²) in [6.45, 7) is 3.88. The van der Waals surface area contributed by atoms with Crippen molar-refractivity contribution in [3.63, 3.8) is 0 Å². The lowest BCUT2D eigenvalue weighted by molar-refractivity contribution is -0.118. The van der Waals surface area contributed by atoms with E-state index >= 15 is 0 Å². The quantitative estimate of drug-likeness (QED) is 0.679. The van der Waals surface area contributed by atoms with E-state index in [4.69, 9.17) is 0 Å². The van der Waals surface area contributed by atoms with Crippen molar-refractivity contribution in [2.24, 2.45) is 10.2 Å². The fourth-order valence-corrected chi connectivity index (χ4v) is 2.70. The Hall–Kier alpha value is -1.14. The molecule has 1 saturated heterocycles. The fourth-order valence-electron chi connectivity index (χ4n) is 1.59. The van der Waals surface area contributed by atoms with Gasteiger partial charge in [-0.05, 0) is 31.0 Å². The Morgan fingerprint density at radius 3 is 2.68 bits per heavy atom. The van der Waals surface area contributed by atoms with Gasteiger partial charge in [0.05, 0.1) is 11.0 Å². The predicted octanol–water partition coefficient (Wildman–Crippen LogP) is 3.17. The maximum Gasteiger partial charge on any atom is 0.239 e. The van der Waals surface area contributed by atoms with Gasteiger partial charge in [0.25, 0.3) is 0 Å².